The fourth-order valence-corrected chi connectivity index (χ4v) is 2.59. The molecule has 1 rings (SSSR count). The number of halogens is 3. The van der Waals surface area contributed by atoms with Crippen molar-refractivity contribution in [1.29, 1.82) is 0 Å². The zero-order valence-electron chi connectivity index (χ0n) is 20.7. The maximum absolute atomic E-state index is 14.0. The lowest BCUT2D eigenvalue weighted by Gasteiger charge is -2.29. The van der Waals surface area contributed by atoms with Crippen molar-refractivity contribution in [3.05, 3.63) is 35.7 Å². The topological polar surface area (TPSA) is 112 Å². The molecule has 35 heavy (non-hydrogen) atoms. The molecule has 0 spiro atoms. The lowest BCUT2D eigenvalue weighted by atomic mass is 10.0. The van der Waals surface area contributed by atoms with E-state index in [0.29, 0.717) is 6.07 Å². The molecule has 1 heterocycles. The molecule has 0 unspecified atom stereocenters. The van der Waals surface area contributed by atoms with Gasteiger partial charge in [-0.2, -0.15) is 18.1 Å². The van der Waals surface area contributed by atoms with Crippen LogP contribution in [0.15, 0.2) is 18.7 Å². The zero-order chi connectivity index (χ0) is 27.4. The molecule has 194 valence electrons. The molecule has 0 bridgehead atoms. The molecule has 0 aliphatic carbocycles. The smallest absolute Gasteiger partial charge is 0.424 e. The van der Waals surface area contributed by atoms with Gasteiger partial charge in [-0.25, -0.2) is 19.4 Å². The van der Waals surface area contributed by atoms with Crippen LogP contribution in [0.1, 0.15) is 80.9 Å². The highest BCUT2D eigenvalue weighted by atomic mass is 19.4. The van der Waals surface area contributed by atoms with Crippen LogP contribution in [0.5, 0.6) is 0 Å². The molecule has 0 N–H and O–H groups in total. The Kier molecular flexibility index (Phi) is 9.19. The standard InChI is InChI=1S/C23H29F3N2O7/c1-9-10-11-15(29)16-13(23(24,25)26)12-14(17(27-16)18(30)33-8)28(19(31)34-21(2,3)4)20(32)35-22(5,6)7/h9,12H,1,10-11H2,2-8H3. The van der Waals surface area contributed by atoms with Crippen LogP contribution in [-0.4, -0.2) is 47.2 Å². The summed E-state index contributed by atoms with van der Waals surface area (Å²) < 4.78 is 56.8. The molecular formula is C23H29F3N2O7. The highest BCUT2D eigenvalue weighted by Gasteiger charge is 2.42. The summed E-state index contributed by atoms with van der Waals surface area (Å²) >= 11 is 0. The van der Waals surface area contributed by atoms with E-state index in [1.165, 1.54) is 47.6 Å². The van der Waals surface area contributed by atoms with Crippen LogP contribution in [0, 0.1) is 0 Å². The van der Waals surface area contributed by atoms with E-state index < -0.39 is 64.0 Å². The van der Waals surface area contributed by atoms with Crippen LogP contribution in [0.2, 0.25) is 0 Å². The summed E-state index contributed by atoms with van der Waals surface area (Å²) in [6.45, 7) is 12.2. The Labute approximate surface area is 201 Å². The quantitative estimate of drug-likeness (QED) is 0.210. The number of imide groups is 1. The van der Waals surface area contributed by atoms with Crippen molar-refractivity contribution in [2.24, 2.45) is 0 Å². The second-order valence-electron chi connectivity index (χ2n) is 9.29. The first-order valence-electron chi connectivity index (χ1n) is 10.4. The highest BCUT2D eigenvalue weighted by Crippen LogP contribution is 2.37. The van der Waals surface area contributed by atoms with Gasteiger partial charge in [0.15, 0.2) is 11.5 Å². The van der Waals surface area contributed by atoms with E-state index in [1.807, 2.05) is 0 Å². The van der Waals surface area contributed by atoms with Crippen LogP contribution in [0.4, 0.5) is 28.4 Å². The number of alkyl halides is 3. The number of carbonyl (C=O) groups excluding carboxylic acids is 4. The third-order valence-electron chi connectivity index (χ3n) is 3.92. The summed E-state index contributed by atoms with van der Waals surface area (Å²) in [6.07, 6.45) is -7.00. The summed E-state index contributed by atoms with van der Waals surface area (Å²) in [6, 6.07) is 0.300. The lowest BCUT2D eigenvalue weighted by Crippen LogP contribution is -2.44. The predicted molar refractivity (Wildman–Crippen MR) is 119 cm³/mol. The summed E-state index contributed by atoms with van der Waals surface area (Å²) in [5.74, 6) is -2.33. The lowest BCUT2D eigenvalue weighted by molar-refractivity contribution is -0.138. The Bertz CT molecular complexity index is 978. The fraction of sp³-hybridized carbons (Fsp3) is 0.522. The molecule has 1 aromatic heterocycles. The van der Waals surface area contributed by atoms with Gasteiger partial charge in [-0.1, -0.05) is 6.08 Å². The van der Waals surface area contributed by atoms with Gasteiger partial charge in [0.05, 0.1) is 18.4 Å². The van der Waals surface area contributed by atoms with Gasteiger partial charge in [-0.15, -0.1) is 6.58 Å². The minimum Gasteiger partial charge on any atom is -0.464 e. The first kappa shape index (κ1) is 29.6. The number of anilines is 1. The number of methoxy groups -OCH3 is 1. The third kappa shape index (κ3) is 8.37. The van der Waals surface area contributed by atoms with E-state index in [4.69, 9.17) is 9.47 Å². The molecule has 9 nitrogen and oxygen atoms in total. The van der Waals surface area contributed by atoms with E-state index >= 15 is 0 Å². The van der Waals surface area contributed by atoms with E-state index in [0.717, 1.165) is 7.11 Å². The number of pyridine rings is 1. The molecule has 0 radical (unpaired) electrons. The molecule has 0 aliphatic rings. The van der Waals surface area contributed by atoms with Crippen molar-refractivity contribution in [3.63, 3.8) is 0 Å². The Balaban J connectivity index is 3.99. The van der Waals surface area contributed by atoms with Crippen LogP contribution < -0.4 is 4.90 Å². The summed E-state index contributed by atoms with van der Waals surface area (Å²) in [7, 11) is 0.913. The van der Waals surface area contributed by atoms with Crippen LogP contribution >= 0.6 is 0 Å². The number of nitrogens with zero attached hydrogens (tertiary/aromatic N) is 2. The number of ketones is 1. The van der Waals surface area contributed by atoms with Gasteiger partial charge in [0.25, 0.3) is 0 Å². The van der Waals surface area contributed by atoms with Crippen molar-refractivity contribution in [3.8, 4) is 0 Å². The average molecular weight is 502 g/mol. The van der Waals surface area contributed by atoms with Crippen LogP contribution in [-0.2, 0) is 20.4 Å². The second-order valence-corrected chi connectivity index (χ2v) is 9.29. The maximum atomic E-state index is 14.0. The molecule has 0 aromatic carbocycles. The van der Waals surface area contributed by atoms with Gasteiger partial charge in [0.2, 0.25) is 0 Å². The van der Waals surface area contributed by atoms with Gasteiger partial charge >= 0.3 is 24.3 Å². The Morgan fingerprint density at radius 2 is 1.46 bits per heavy atom. The fourth-order valence-electron chi connectivity index (χ4n) is 2.59. The Morgan fingerprint density at radius 3 is 1.83 bits per heavy atom. The van der Waals surface area contributed by atoms with Crippen molar-refractivity contribution < 1.29 is 46.6 Å². The molecule has 12 heteroatoms. The number of hydrogen-bond acceptors (Lipinski definition) is 8. The largest absolute Gasteiger partial charge is 0.464 e. The van der Waals surface area contributed by atoms with Crippen molar-refractivity contribution in [2.45, 2.75) is 71.8 Å². The Hall–Kier alpha value is -3.44. The van der Waals surface area contributed by atoms with Crippen molar-refractivity contribution >= 4 is 29.6 Å². The predicted octanol–water partition coefficient (Wildman–Crippen LogP) is 5.71. The summed E-state index contributed by atoms with van der Waals surface area (Å²) in [5.41, 5.74) is -6.80. The monoisotopic (exact) mass is 502 g/mol. The minimum atomic E-state index is -5.14. The van der Waals surface area contributed by atoms with Gasteiger partial charge in [0, 0.05) is 6.42 Å². The van der Waals surface area contributed by atoms with Crippen molar-refractivity contribution in [1.82, 2.24) is 4.98 Å². The first-order chi connectivity index (χ1) is 15.8. The molecule has 0 atom stereocenters. The van der Waals surface area contributed by atoms with Crippen molar-refractivity contribution in [2.75, 3.05) is 12.0 Å². The number of hydrogen-bond donors (Lipinski definition) is 0. The molecule has 0 saturated heterocycles. The molecule has 2 amide bonds. The number of allylic oxidation sites excluding steroid dienone is 1. The second kappa shape index (κ2) is 10.9. The molecule has 1 aromatic rings. The average Bonchev–Trinajstić information content (AvgIpc) is 2.67. The van der Waals surface area contributed by atoms with Crippen LogP contribution in [0.3, 0.4) is 0 Å². The summed E-state index contributed by atoms with van der Waals surface area (Å²) in [4.78, 5) is 54.6. The highest BCUT2D eigenvalue weighted by molar-refractivity contribution is 6.13. The first-order valence-corrected chi connectivity index (χ1v) is 10.4. The normalized spacial score (nSPS) is 11.9. The number of carbonyl (C=O) groups is 4. The number of rotatable bonds is 6. The third-order valence-corrected chi connectivity index (χ3v) is 3.92. The van der Waals surface area contributed by atoms with Gasteiger partial charge in [-0.3, -0.25) is 4.79 Å². The van der Waals surface area contributed by atoms with Crippen LogP contribution in [0.25, 0.3) is 0 Å². The zero-order valence-corrected chi connectivity index (χ0v) is 20.7. The Morgan fingerprint density at radius 1 is 0.971 bits per heavy atom. The minimum absolute atomic E-state index is 0.0507. The molecule has 0 aliphatic heterocycles. The molecular weight excluding hydrogens is 473 g/mol. The van der Waals surface area contributed by atoms with Gasteiger partial charge < -0.3 is 14.2 Å². The van der Waals surface area contributed by atoms with E-state index in [-0.39, 0.29) is 17.7 Å². The van der Waals surface area contributed by atoms with E-state index in [9.17, 15) is 32.3 Å². The number of amides is 2. The van der Waals surface area contributed by atoms with E-state index in [1.54, 1.807) is 0 Å². The number of ether oxygens (including phenoxy) is 3. The number of Topliss-reactive ketones (excluding diaryl/α,β-unsaturated/α-hetero) is 1. The van der Waals surface area contributed by atoms with E-state index in [2.05, 4.69) is 16.3 Å². The SMILES string of the molecule is C=CCCC(=O)c1nc(C(=O)OC)c(N(C(=O)OC(C)(C)C)C(=O)OC(C)(C)C)cc1C(F)(F)F. The number of aromatic nitrogens is 1. The molecule has 0 saturated carbocycles. The number of esters is 1. The maximum Gasteiger partial charge on any atom is 0.424 e. The van der Waals surface area contributed by atoms with Gasteiger partial charge in [-0.05, 0) is 54.0 Å². The molecule has 0 fully saturated rings. The van der Waals surface area contributed by atoms with Gasteiger partial charge in [0.1, 0.15) is 16.9 Å². The summed E-state index contributed by atoms with van der Waals surface area (Å²) in [5, 5.41) is 0.